The predicted molar refractivity (Wildman–Crippen MR) is 53.3 cm³/mol. The van der Waals surface area contributed by atoms with Crippen molar-refractivity contribution in [2.24, 2.45) is 0 Å². The number of methoxy groups -OCH3 is 1. The van der Waals surface area contributed by atoms with Crippen LogP contribution < -0.4 is 0 Å². The molecule has 0 N–H and O–H groups in total. The molecule has 12 heavy (non-hydrogen) atoms. The van der Waals surface area contributed by atoms with Gasteiger partial charge in [-0.2, -0.15) is 11.8 Å². The molecule has 3 heteroatoms. The molecule has 0 aromatic carbocycles. The van der Waals surface area contributed by atoms with Crippen LogP contribution in [0.1, 0.15) is 20.3 Å². The number of hydrogen-bond donors (Lipinski definition) is 0. The molecule has 0 saturated carbocycles. The zero-order valence-corrected chi connectivity index (χ0v) is 8.69. The summed E-state index contributed by atoms with van der Waals surface area (Å²) in [5.41, 5.74) is 0. The van der Waals surface area contributed by atoms with Gasteiger partial charge in [-0.1, -0.05) is 13.0 Å². The van der Waals surface area contributed by atoms with E-state index in [2.05, 4.69) is 18.2 Å². The Kier molecular flexibility index (Phi) is 5.89. The van der Waals surface area contributed by atoms with E-state index in [-0.39, 0.29) is 5.97 Å². The van der Waals surface area contributed by atoms with Crippen molar-refractivity contribution in [3.05, 3.63) is 12.7 Å². The molecule has 0 fully saturated rings. The maximum atomic E-state index is 10.8. The molecule has 0 rings (SSSR count). The zero-order valence-electron chi connectivity index (χ0n) is 7.87. The molecule has 0 bridgehead atoms. The van der Waals surface area contributed by atoms with Crippen LogP contribution in [0.2, 0.25) is 0 Å². The Morgan fingerprint density at radius 3 is 2.67 bits per heavy atom. The third-order valence-corrected chi connectivity index (χ3v) is 2.71. The summed E-state index contributed by atoms with van der Waals surface area (Å²) >= 11 is 1.72. The van der Waals surface area contributed by atoms with E-state index in [0.717, 1.165) is 0 Å². The molecule has 2 nitrogen and oxygen atoms in total. The van der Waals surface area contributed by atoms with Crippen LogP contribution in [0.5, 0.6) is 0 Å². The molecule has 0 aromatic rings. The fraction of sp³-hybridized carbons (Fsp3) is 0.667. The summed E-state index contributed by atoms with van der Waals surface area (Å²) < 4.78 is 4.56. The number of ether oxygens (including phenoxy) is 1. The van der Waals surface area contributed by atoms with Gasteiger partial charge in [-0.3, -0.25) is 4.79 Å². The number of carbonyl (C=O) groups is 1. The zero-order chi connectivity index (χ0) is 9.56. The van der Waals surface area contributed by atoms with Gasteiger partial charge in [0.2, 0.25) is 0 Å². The number of thioether (sulfide) groups is 1. The largest absolute Gasteiger partial charge is 0.469 e. The van der Waals surface area contributed by atoms with Gasteiger partial charge < -0.3 is 4.74 Å². The summed E-state index contributed by atoms with van der Waals surface area (Å²) in [6.07, 6.45) is 2.35. The van der Waals surface area contributed by atoms with Crippen LogP contribution >= 0.6 is 11.8 Å². The highest BCUT2D eigenvalue weighted by atomic mass is 32.2. The smallest absolute Gasteiger partial charge is 0.306 e. The Bertz CT molecular complexity index is 157. The van der Waals surface area contributed by atoms with E-state index in [9.17, 15) is 4.79 Å². The standard InChI is InChI=1S/C9H16O2S/c1-5-7(2)12-8(3)6-9(10)11-4/h5,7-8H,1,6H2,2-4H3. The van der Waals surface area contributed by atoms with Crippen molar-refractivity contribution in [1.29, 1.82) is 0 Å². The van der Waals surface area contributed by atoms with Gasteiger partial charge in [0.05, 0.1) is 13.5 Å². The van der Waals surface area contributed by atoms with E-state index in [1.54, 1.807) is 11.8 Å². The molecular weight excluding hydrogens is 172 g/mol. The number of rotatable bonds is 5. The van der Waals surface area contributed by atoms with E-state index in [0.29, 0.717) is 16.9 Å². The minimum atomic E-state index is -0.147. The second-order valence-electron chi connectivity index (χ2n) is 2.67. The van der Waals surface area contributed by atoms with Crippen LogP contribution in [-0.4, -0.2) is 23.6 Å². The summed E-state index contributed by atoms with van der Waals surface area (Å²) in [6.45, 7) is 7.75. The molecule has 0 aliphatic carbocycles. The highest BCUT2D eigenvalue weighted by molar-refractivity contribution is 8.00. The summed E-state index contributed by atoms with van der Waals surface area (Å²) in [4.78, 5) is 10.8. The van der Waals surface area contributed by atoms with Crippen LogP contribution in [0.25, 0.3) is 0 Å². The highest BCUT2D eigenvalue weighted by Crippen LogP contribution is 2.20. The van der Waals surface area contributed by atoms with Crippen molar-refractivity contribution in [3.8, 4) is 0 Å². The predicted octanol–water partition coefficient (Wildman–Crippen LogP) is 2.25. The topological polar surface area (TPSA) is 26.3 Å². The fourth-order valence-electron chi connectivity index (χ4n) is 0.788. The Hall–Kier alpha value is -0.440. The number of hydrogen-bond acceptors (Lipinski definition) is 3. The molecule has 0 spiro atoms. The maximum Gasteiger partial charge on any atom is 0.306 e. The maximum absolute atomic E-state index is 10.8. The minimum Gasteiger partial charge on any atom is -0.469 e. The lowest BCUT2D eigenvalue weighted by atomic mass is 10.3. The third kappa shape index (κ3) is 5.24. The molecule has 0 aromatic heterocycles. The van der Waals surface area contributed by atoms with Gasteiger partial charge in [-0.25, -0.2) is 0 Å². The van der Waals surface area contributed by atoms with Gasteiger partial charge in [0.25, 0.3) is 0 Å². The van der Waals surface area contributed by atoms with Crippen molar-refractivity contribution >= 4 is 17.7 Å². The minimum absolute atomic E-state index is 0.147. The van der Waals surface area contributed by atoms with Gasteiger partial charge in [-0.15, -0.1) is 6.58 Å². The van der Waals surface area contributed by atoms with Gasteiger partial charge in [-0.05, 0) is 6.92 Å². The molecule has 0 heterocycles. The SMILES string of the molecule is C=CC(C)SC(C)CC(=O)OC. The normalized spacial score (nSPS) is 14.9. The second-order valence-corrected chi connectivity index (χ2v) is 4.49. The molecule has 0 radical (unpaired) electrons. The average molecular weight is 188 g/mol. The van der Waals surface area contributed by atoms with Gasteiger partial charge in [0, 0.05) is 10.5 Å². The highest BCUT2D eigenvalue weighted by Gasteiger charge is 2.11. The lowest BCUT2D eigenvalue weighted by Gasteiger charge is -2.12. The van der Waals surface area contributed by atoms with Crippen LogP contribution in [0, 0.1) is 0 Å². The Morgan fingerprint density at radius 2 is 2.25 bits per heavy atom. The van der Waals surface area contributed by atoms with E-state index in [1.165, 1.54) is 7.11 Å². The van der Waals surface area contributed by atoms with Crippen LogP contribution in [0.3, 0.4) is 0 Å². The van der Waals surface area contributed by atoms with Crippen molar-refractivity contribution in [2.75, 3.05) is 7.11 Å². The van der Waals surface area contributed by atoms with E-state index in [1.807, 2.05) is 13.0 Å². The lowest BCUT2D eigenvalue weighted by molar-refractivity contribution is -0.140. The summed E-state index contributed by atoms with van der Waals surface area (Å²) in [5, 5.41) is 0.690. The lowest BCUT2D eigenvalue weighted by Crippen LogP contribution is -2.10. The van der Waals surface area contributed by atoms with Gasteiger partial charge >= 0.3 is 5.97 Å². The Labute approximate surface area is 78.4 Å². The first-order chi connectivity index (χ1) is 5.60. The van der Waals surface area contributed by atoms with Crippen molar-refractivity contribution < 1.29 is 9.53 Å². The Morgan fingerprint density at radius 1 is 1.67 bits per heavy atom. The molecular formula is C9H16O2S. The van der Waals surface area contributed by atoms with Crippen molar-refractivity contribution in [3.63, 3.8) is 0 Å². The van der Waals surface area contributed by atoms with Crippen molar-refractivity contribution in [2.45, 2.75) is 30.8 Å². The van der Waals surface area contributed by atoms with Gasteiger partial charge in [0.1, 0.15) is 0 Å². The summed E-state index contributed by atoms with van der Waals surface area (Å²) in [5.74, 6) is -0.147. The molecule has 70 valence electrons. The summed E-state index contributed by atoms with van der Waals surface area (Å²) in [6, 6.07) is 0. The molecule has 2 atom stereocenters. The first-order valence-corrected chi connectivity index (χ1v) is 4.89. The number of esters is 1. The van der Waals surface area contributed by atoms with Crippen LogP contribution in [-0.2, 0) is 9.53 Å². The summed E-state index contributed by atoms with van der Waals surface area (Å²) in [7, 11) is 1.41. The molecule has 0 saturated heterocycles. The monoisotopic (exact) mass is 188 g/mol. The van der Waals surface area contributed by atoms with E-state index < -0.39 is 0 Å². The van der Waals surface area contributed by atoms with E-state index in [4.69, 9.17) is 0 Å². The van der Waals surface area contributed by atoms with Gasteiger partial charge in [0.15, 0.2) is 0 Å². The molecule has 2 unspecified atom stereocenters. The molecule has 0 amide bonds. The first-order valence-electron chi connectivity index (χ1n) is 3.95. The molecule has 0 aliphatic heterocycles. The van der Waals surface area contributed by atoms with Crippen LogP contribution in [0.4, 0.5) is 0 Å². The number of carbonyl (C=O) groups excluding carboxylic acids is 1. The molecule has 0 aliphatic rings. The Balaban J connectivity index is 3.65. The quantitative estimate of drug-likeness (QED) is 0.489. The average Bonchev–Trinajstić information content (AvgIpc) is 2.03. The van der Waals surface area contributed by atoms with E-state index >= 15 is 0 Å². The second kappa shape index (κ2) is 6.12. The van der Waals surface area contributed by atoms with Crippen molar-refractivity contribution in [1.82, 2.24) is 0 Å². The van der Waals surface area contributed by atoms with Crippen LogP contribution in [0.15, 0.2) is 12.7 Å². The first kappa shape index (κ1) is 11.6. The third-order valence-electron chi connectivity index (χ3n) is 1.46. The fourth-order valence-corrected chi connectivity index (χ4v) is 1.86.